The van der Waals surface area contributed by atoms with Gasteiger partial charge < -0.3 is 0 Å². The van der Waals surface area contributed by atoms with Gasteiger partial charge in [0.15, 0.2) is 6.20 Å². The summed E-state index contributed by atoms with van der Waals surface area (Å²) in [6.07, 6.45) is 1.96. The van der Waals surface area contributed by atoms with Crippen LogP contribution in [0, 0.1) is 6.92 Å². The lowest BCUT2D eigenvalue weighted by molar-refractivity contribution is -0.657. The second-order valence-corrected chi connectivity index (χ2v) is 5.55. The smallest absolute Gasteiger partial charge is 0.237 e. The Bertz CT molecular complexity index is 737. The third-order valence-corrected chi connectivity index (χ3v) is 4.06. The van der Waals surface area contributed by atoms with E-state index in [4.69, 9.17) is 0 Å². The number of halogens is 1. The highest BCUT2D eigenvalue weighted by Crippen LogP contribution is 2.13. The topological polar surface area (TPSA) is 20.9 Å². The van der Waals surface area contributed by atoms with E-state index in [9.17, 15) is 4.79 Å². The molecular weight excluding hydrogens is 334 g/mol. The molecule has 0 bridgehead atoms. The summed E-state index contributed by atoms with van der Waals surface area (Å²) < 4.78 is 2.01. The number of hydrogen-bond donors (Lipinski definition) is 0. The maximum Gasteiger partial charge on any atom is 0.237 e. The number of nitrogens with zero attached hydrogens (tertiary/aromatic N) is 1. The Morgan fingerprint density at radius 1 is 1.20 bits per heavy atom. The lowest BCUT2D eigenvalue weighted by Crippen LogP contribution is -2.38. The van der Waals surface area contributed by atoms with Gasteiger partial charge in [0.25, 0.3) is 0 Å². The molecule has 102 valence electrons. The predicted octanol–water partition coefficient (Wildman–Crippen LogP) is 3.96. The number of hydrogen-bond acceptors (Lipinski definition) is 2. The third kappa shape index (κ3) is 2.97. The molecule has 2 heterocycles. The van der Waals surface area contributed by atoms with Gasteiger partial charge in [0, 0.05) is 17.5 Å². The highest BCUT2D eigenvalue weighted by molar-refractivity contribution is 8.93. The second-order valence-electron chi connectivity index (χ2n) is 4.60. The van der Waals surface area contributed by atoms with Crippen LogP contribution in [0.2, 0.25) is 0 Å². The maximum absolute atomic E-state index is 12.2. The molecule has 0 radical (unpaired) electrons. The average Bonchev–Trinajstić information content (AvgIpc) is 2.92. The summed E-state index contributed by atoms with van der Waals surface area (Å²) in [5.74, 6) is 0.160. The number of benzene rings is 1. The molecule has 0 amide bonds. The zero-order chi connectivity index (χ0) is 13.2. The predicted molar refractivity (Wildman–Crippen MR) is 87.9 cm³/mol. The van der Waals surface area contributed by atoms with Crippen LogP contribution >= 0.6 is 28.3 Å². The van der Waals surface area contributed by atoms with Crippen LogP contribution in [0.1, 0.15) is 15.2 Å². The highest BCUT2D eigenvalue weighted by atomic mass is 79.9. The Hall–Kier alpha value is -1.52. The molecular formula is C16H15BrNOS+. The molecule has 0 atom stereocenters. The number of aromatic nitrogens is 1. The van der Waals surface area contributed by atoms with Gasteiger partial charge in [0.05, 0.1) is 4.88 Å². The zero-order valence-corrected chi connectivity index (χ0v) is 13.6. The molecule has 0 saturated heterocycles. The summed E-state index contributed by atoms with van der Waals surface area (Å²) in [5, 5.41) is 3.10. The van der Waals surface area contributed by atoms with Crippen molar-refractivity contribution in [3.05, 3.63) is 64.5 Å². The van der Waals surface area contributed by atoms with Crippen molar-refractivity contribution < 1.29 is 9.36 Å². The Kier molecular flexibility index (Phi) is 4.68. The number of Topliss-reactive ketones (excluding diaryl/α,β-unsaturated/α-hetero) is 1. The van der Waals surface area contributed by atoms with E-state index in [1.165, 1.54) is 22.3 Å². The molecule has 0 unspecified atom stereocenters. The van der Waals surface area contributed by atoms with Crippen LogP contribution in [0.4, 0.5) is 0 Å². The van der Waals surface area contributed by atoms with Crippen LogP contribution in [-0.4, -0.2) is 5.78 Å². The zero-order valence-electron chi connectivity index (χ0n) is 11.1. The number of carbonyl (C=O) groups excluding carboxylic acids is 1. The van der Waals surface area contributed by atoms with Crippen molar-refractivity contribution in [1.29, 1.82) is 0 Å². The molecule has 2 nitrogen and oxygen atoms in total. The van der Waals surface area contributed by atoms with E-state index in [1.54, 1.807) is 0 Å². The Labute approximate surface area is 132 Å². The SMILES string of the molecule is Br.Cc1ccc2c(ccc[n+]2CC(=O)c2cccs2)c1. The first-order valence-corrected chi connectivity index (χ1v) is 7.07. The normalized spacial score (nSPS) is 10.2. The van der Waals surface area contributed by atoms with E-state index in [2.05, 4.69) is 31.2 Å². The molecule has 4 heteroatoms. The van der Waals surface area contributed by atoms with Crippen molar-refractivity contribution >= 4 is 45.0 Å². The number of thiophene rings is 1. The van der Waals surface area contributed by atoms with Crippen molar-refractivity contribution in [1.82, 2.24) is 0 Å². The molecule has 0 aliphatic carbocycles. The van der Waals surface area contributed by atoms with Gasteiger partial charge in [0.1, 0.15) is 0 Å². The van der Waals surface area contributed by atoms with Crippen molar-refractivity contribution in [2.24, 2.45) is 0 Å². The van der Waals surface area contributed by atoms with E-state index in [0.717, 1.165) is 10.4 Å². The molecule has 3 rings (SSSR count). The Balaban J connectivity index is 0.00000147. The van der Waals surface area contributed by atoms with E-state index in [-0.39, 0.29) is 22.8 Å². The largest absolute Gasteiger partial charge is 0.286 e. The molecule has 3 aromatic rings. The van der Waals surface area contributed by atoms with Gasteiger partial charge >= 0.3 is 0 Å². The summed E-state index contributed by atoms with van der Waals surface area (Å²) in [4.78, 5) is 13.0. The van der Waals surface area contributed by atoms with Crippen molar-refractivity contribution in [3.63, 3.8) is 0 Å². The van der Waals surface area contributed by atoms with Crippen LogP contribution < -0.4 is 4.57 Å². The van der Waals surface area contributed by atoms with Gasteiger partial charge in [-0.1, -0.05) is 17.7 Å². The molecule has 0 aliphatic rings. The van der Waals surface area contributed by atoms with Gasteiger partial charge in [-0.25, -0.2) is 0 Å². The lowest BCUT2D eigenvalue weighted by Gasteiger charge is -2.01. The summed E-state index contributed by atoms with van der Waals surface area (Å²) >= 11 is 1.50. The first-order valence-electron chi connectivity index (χ1n) is 6.19. The minimum atomic E-state index is 0. The lowest BCUT2D eigenvalue weighted by atomic mass is 10.1. The minimum Gasteiger partial charge on any atom is -0.286 e. The first kappa shape index (κ1) is 14.9. The van der Waals surface area contributed by atoms with Gasteiger partial charge in [-0.3, -0.25) is 4.79 Å². The van der Waals surface area contributed by atoms with Crippen LogP contribution in [0.3, 0.4) is 0 Å². The van der Waals surface area contributed by atoms with E-state index < -0.39 is 0 Å². The number of aryl methyl sites for hydroxylation is 1. The van der Waals surface area contributed by atoms with Crippen molar-refractivity contribution in [2.45, 2.75) is 13.5 Å². The standard InChI is InChI=1S/C16H14NOS.BrH/c1-12-6-7-14-13(10-12)4-2-8-17(14)11-15(18)16-5-3-9-19-16;/h2-10H,11H2,1H3;1H/q+1;. The quantitative estimate of drug-likeness (QED) is 0.518. The Morgan fingerprint density at radius 2 is 2.05 bits per heavy atom. The minimum absolute atomic E-state index is 0. The Morgan fingerprint density at radius 3 is 2.80 bits per heavy atom. The molecule has 0 saturated carbocycles. The number of ketones is 1. The molecule has 0 aliphatic heterocycles. The third-order valence-electron chi connectivity index (χ3n) is 3.14. The maximum atomic E-state index is 12.2. The fourth-order valence-electron chi connectivity index (χ4n) is 2.21. The van der Waals surface area contributed by atoms with Gasteiger partial charge in [-0.2, -0.15) is 4.57 Å². The summed E-state index contributed by atoms with van der Waals surface area (Å²) in [5.41, 5.74) is 2.33. The van der Waals surface area contributed by atoms with Crippen LogP contribution in [0.25, 0.3) is 10.9 Å². The average molecular weight is 349 g/mol. The van der Waals surface area contributed by atoms with Crippen LogP contribution in [0.5, 0.6) is 0 Å². The molecule has 0 spiro atoms. The second kappa shape index (κ2) is 6.29. The van der Waals surface area contributed by atoms with Crippen LogP contribution in [0.15, 0.2) is 54.0 Å². The van der Waals surface area contributed by atoms with Crippen molar-refractivity contribution in [3.8, 4) is 0 Å². The molecule has 2 aromatic heterocycles. The summed E-state index contributed by atoms with van der Waals surface area (Å²) in [7, 11) is 0. The van der Waals surface area contributed by atoms with Gasteiger partial charge in [0.2, 0.25) is 17.8 Å². The summed E-state index contributed by atoms with van der Waals surface area (Å²) in [6, 6.07) is 14.2. The van der Waals surface area contributed by atoms with E-state index in [0.29, 0.717) is 6.54 Å². The first-order chi connectivity index (χ1) is 9.24. The highest BCUT2D eigenvalue weighted by Gasteiger charge is 2.15. The van der Waals surface area contributed by atoms with Gasteiger partial charge in [-0.15, -0.1) is 28.3 Å². The molecule has 0 N–H and O–H groups in total. The number of rotatable bonds is 3. The summed E-state index contributed by atoms with van der Waals surface area (Å²) in [6.45, 7) is 2.47. The number of pyridine rings is 1. The molecule has 20 heavy (non-hydrogen) atoms. The van der Waals surface area contributed by atoms with Crippen LogP contribution in [-0.2, 0) is 6.54 Å². The van der Waals surface area contributed by atoms with Gasteiger partial charge in [-0.05, 0) is 30.5 Å². The monoisotopic (exact) mass is 348 g/mol. The molecule has 1 aromatic carbocycles. The number of fused-ring (bicyclic) bond motifs is 1. The fourth-order valence-corrected chi connectivity index (χ4v) is 2.86. The van der Waals surface area contributed by atoms with Crippen molar-refractivity contribution in [2.75, 3.05) is 0 Å². The van der Waals surface area contributed by atoms with E-state index >= 15 is 0 Å². The number of carbonyl (C=O) groups is 1. The molecule has 0 fully saturated rings. The van der Waals surface area contributed by atoms with E-state index in [1.807, 2.05) is 34.3 Å². The fraction of sp³-hybridized carbons (Fsp3) is 0.125.